The van der Waals surface area contributed by atoms with Crippen LogP contribution in [0.25, 0.3) is 11.8 Å². The standard InChI is InChI=1S/C24H25FN4O2/c1-17-14-29(16-26-17)21-11-5-18(13-22(21)30-4)6-12-23-27-31-15-24(2,28(23)3)19-7-9-20(25)10-8-19/h5-14,16H,15H2,1-4H3/b12-6-. The largest absolute Gasteiger partial charge is 0.495 e. The van der Waals surface area contributed by atoms with Crippen molar-refractivity contribution in [2.75, 3.05) is 20.8 Å². The van der Waals surface area contributed by atoms with Gasteiger partial charge in [0.15, 0.2) is 5.84 Å². The fourth-order valence-corrected chi connectivity index (χ4v) is 3.60. The number of methoxy groups -OCH3 is 1. The number of aryl methyl sites for hydroxylation is 1. The molecule has 160 valence electrons. The molecule has 0 bridgehead atoms. The summed E-state index contributed by atoms with van der Waals surface area (Å²) < 4.78 is 20.9. The molecule has 1 aliphatic rings. The van der Waals surface area contributed by atoms with E-state index in [2.05, 4.69) is 10.1 Å². The second-order valence-electron chi connectivity index (χ2n) is 7.75. The molecule has 1 atom stereocenters. The van der Waals surface area contributed by atoms with E-state index in [4.69, 9.17) is 9.57 Å². The lowest BCUT2D eigenvalue weighted by atomic mass is 9.90. The van der Waals surface area contributed by atoms with Crippen LogP contribution in [0.5, 0.6) is 5.75 Å². The first-order valence-corrected chi connectivity index (χ1v) is 9.97. The summed E-state index contributed by atoms with van der Waals surface area (Å²) in [6.45, 7) is 4.37. The van der Waals surface area contributed by atoms with Crippen LogP contribution < -0.4 is 4.74 Å². The highest BCUT2D eigenvalue weighted by molar-refractivity contribution is 5.96. The number of rotatable bonds is 5. The van der Waals surface area contributed by atoms with E-state index in [0.29, 0.717) is 12.4 Å². The predicted molar refractivity (Wildman–Crippen MR) is 119 cm³/mol. The lowest BCUT2D eigenvalue weighted by molar-refractivity contribution is 0.0169. The number of hydrogen-bond acceptors (Lipinski definition) is 5. The van der Waals surface area contributed by atoms with Crippen molar-refractivity contribution >= 4 is 11.9 Å². The summed E-state index contributed by atoms with van der Waals surface area (Å²) in [6, 6.07) is 12.5. The summed E-state index contributed by atoms with van der Waals surface area (Å²) in [4.78, 5) is 11.9. The van der Waals surface area contributed by atoms with Gasteiger partial charge in [0.25, 0.3) is 0 Å². The summed E-state index contributed by atoms with van der Waals surface area (Å²) in [5.74, 6) is 1.15. The van der Waals surface area contributed by atoms with E-state index in [1.165, 1.54) is 12.1 Å². The van der Waals surface area contributed by atoms with Gasteiger partial charge < -0.3 is 19.0 Å². The number of nitrogens with zero attached hydrogens (tertiary/aromatic N) is 4. The van der Waals surface area contributed by atoms with Crippen molar-refractivity contribution < 1.29 is 14.0 Å². The fourth-order valence-electron chi connectivity index (χ4n) is 3.60. The molecule has 1 aliphatic heterocycles. The van der Waals surface area contributed by atoms with Gasteiger partial charge in [0.1, 0.15) is 23.7 Å². The van der Waals surface area contributed by atoms with E-state index in [9.17, 15) is 4.39 Å². The average molecular weight is 420 g/mol. The van der Waals surface area contributed by atoms with Gasteiger partial charge in [-0.25, -0.2) is 9.37 Å². The zero-order chi connectivity index (χ0) is 22.0. The number of aromatic nitrogens is 2. The number of amidine groups is 1. The highest BCUT2D eigenvalue weighted by atomic mass is 19.1. The Morgan fingerprint density at radius 3 is 2.61 bits per heavy atom. The third-order valence-corrected chi connectivity index (χ3v) is 5.67. The maximum Gasteiger partial charge on any atom is 0.168 e. The summed E-state index contributed by atoms with van der Waals surface area (Å²) in [5.41, 5.74) is 3.31. The molecule has 1 aromatic heterocycles. The SMILES string of the molecule is COc1cc(/C=C\C2=NOCC(C)(c3ccc(F)cc3)N2C)ccc1-n1cnc(C)c1. The average Bonchev–Trinajstić information content (AvgIpc) is 3.21. The van der Waals surface area contributed by atoms with Crippen molar-refractivity contribution in [1.29, 1.82) is 0 Å². The molecule has 2 aromatic carbocycles. The van der Waals surface area contributed by atoms with Gasteiger partial charge in [-0.15, -0.1) is 0 Å². The minimum atomic E-state index is -0.462. The first-order valence-electron chi connectivity index (χ1n) is 9.97. The third kappa shape index (κ3) is 4.03. The Balaban J connectivity index is 1.58. The minimum absolute atomic E-state index is 0.260. The molecule has 2 heterocycles. The van der Waals surface area contributed by atoms with Gasteiger partial charge in [-0.2, -0.15) is 0 Å². The Kier molecular flexibility index (Phi) is 5.50. The minimum Gasteiger partial charge on any atom is -0.495 e. The van der Waals surface area contributed by atoms with Crippen LogP contribution in [0.2, 0.25) is 0 Å². The van der Waals surface area contributed by atoms with Gasteiger partial charge in [0.05, 0.1) is 24.8 Å². The third-order valence-electron chi connectivity index (χ3n) is 5.67. The van der Waals surface area contributed by atoms with E-state index < -0.39 is 5.54 Å². The van der Waals surface area contributed by atoms with Crippen LogP contribution in [0.4, 0.5) is 4.39 Å². The Labute approximate surface area is 181 Å². The number of imidazole rings is 1. The molecule has 0 radical (unpaired) electrons. The summed E-state index contributed by atoms with van der Waals surface area (Å²) in [6.07, 6.45) is 7.58. The highest BCUT2D eigenvalue weighted by Gasteiger charge is 2.37. The normalized spacial score (nSPS) is 18.7. The molecule has 1 unspecified atom stereocenters. The van der Waals surface area contributed by atoms with Crippen molar-refractivity contribution in [1.82, 2.24) is 14.5 Å². The van der Waals surface area contributed by atoms with Gasteiger partial charge in [-0.05, 0) is 55.3 Å². The molecule has 0 saturated carbocycles. The van der Waals surface area contributed by atoms with E-state index in [1.807, 2.05) is 66.9 Å². The molecule has 3 aromatic rings. The highest BCUT2D eigenvalue weighted by Crippen LogP contribution is 2.31. The second-order valence-corrected chi connectivity index (χ2v) is 7.75. The fraction of sp³-hybridized carbons (Fsp3) is 0.250. The molecule has 31 heavy (non-hydrogen) atoms. The summed E-state index contributed by atoms with van der Waals surface area (Å²) in [7, 11) is 3.61. The monoisotopic (exact) mass is 420 g/mol. The quantitative estimate of drug-likeness (QED) is 0.609. The Morgan fingerprint density at radius 2 is 1.94 bits per heavy atom. The van der Waals surface area contributed by atoms with Crippen LogP contribution in [-0.2, 0) is 10.4 Å². The van der Waals surface area contributed by atoms with Crippen LogP contribution in [0.15, 0.2) is 66.2 Å². The number of oxime groups is 1. The zero-order valence-corrected chi connectivity index (χ0v) is 18.0. The maximum atomic E-state index is 13.4. The second kappa shape index (κ2) is 8.26. The topological polar surface area (TPSA) is 51.9 Å². The van der Waals surface area contributed by atoms with E-state index in [-0.39, 0.29) is 5.82 Å². The molecule has 0 fully saturated rings. The molecule has 0 N–H and O–H groups in total. The molecule has 0 aliphatic carbocycles. The molecule has 0 saturated heterocycles. The number of ether oxygens (including phenoxy) is 1. The smallest absolute Gasteiger partial charge is 0.168 e. The predicted octanol–water partition coefficient (Wildman–Crippen LogP) is 4.53. The first-order chi connectivity index (χ1) is 14.9. The van der Waals surface area contributed by atoms with Crippen molar-refractivity contribution in [3.63, 3.8) is 0 Å². The molecule has 4 rings (SSSR count). The zero-order valence-electron chi connectivity index (χ0n) is 18.0. The Bertz CT molecular complexity index is 1140. The van der Waals surface area contributed by atoms with Crippen LogP contribution >= 0.6 is 0 Å². The van der Waals surface area contributed by atoms with Crippen molar-refractivity contribution in [3.8, 4) is 11.4 Å². The maximum absolute atomic E-state index is 13.4. The molecule has 7 heteroatoms. The number of hydrogen-bond donors (Lipinski definition) is 0. The Hall–Kier alpha value is -3.61. The molecular formula is C24H25FN4O2. The Morgan fingerprint density at radius 1 is 1.16 bits per heavy atom. The van der Waals surface area contributed by atoms with Gasteiger partial charge in [-0.3, -0.25) is 0 Å². The number of halogens is 1. The van der Waals surface area contributed by atoms with Crippen molar-refractivity contribution in [2.45, 2.75) is 19.4 Å². The summed E-state index contributed by atoms with van der Waals surface area (Å²) >= 11 is 0. The van der Waals surface area contributed by atoms with Crippen LogP contribution in [-0.4, -0.2) is 41.1 Å². The first kappa shape index (κ1) is 20.7. The van der Waals surface area contributed by atoms with E-state index in [0.717, 1.165) is 28.3 Å². The lowest BCUT2D eigenvalue weighted by Gasteiger charge is -2.42. The van der Waals surface area contributed by atoms with Gasteiger partial charge >= 0.3 is 0 Å². The molecule has 0 amide bonds. The molecular weight excluding hydrogens is 395 g/mol. The summed E-state index contributed by atoms with van der Waals surface area (Å²) in [5, 5.41) is 4.21. The number of likely N-dealkylation sites (N-methyl/N-ethyl adjacent to an activating group) is 1. The van der Waals surface area contributed by atoms with E-state index in [1.54, 1.807) is 25.6 Å². The molecule has 6 nitrogen and oxygen atoms in total. The van der Waals surface area contributed by atoms with Gasteiger partial charge in [-0.1, -0.05) is 29.4 Å². The van der Waals surface area contributed by atoms with E-state index >= 15 is 0 Å². The van der Waals surface area contributed by atoms with Crippen LogP contribution in [0, 0.1) is 12.7 Å². The van der Waals surface area contributed by atoms with Gasteiger partial charge in [0.2, 0.25) is 0 Å². The van der Waals surface area contributed by atoms with Gasteiger partial charge in [0, 0.05) is 13.2 Å². The van der Waals surface area contributed by atoms with Crippen molar-refractivity contribution in [2.24, 2.45) is 5.16 Å². The van der Waals surface area contributed by atoms with Crippen LogP contribution in [0.3, 0.4) is 0 Å². The lowest BCUT2D eigenvalue weighted by Crippen LogP contribution is -2.50. The van der Waals surface area contributed by atoms with Crippen molar-refractivity contribution in [3.05, 3.63) is 83.7 Å². The van der Waals surface area contributed by atoms with Crippen LogP contribution in [0.1, 0.15) is 23.7 Å². The molecule has 0 spiro atoms. The number of benzene rings is 2.